The van der Waals surface area contributed by atoms with Crippen molar-refractivity contribution in [2.75, 3.05) is 22.7 Å². The summed E-state index contributed by atoms with van der Waals surface area (Å²) in [7, 11) is -4.04. The van der Waals surface area contributed by atoms with Crippen LogP contribution in [0.2, 0.25) is 10.0 Å². The first-order valence-electron chi connectivity index (χ1n) is 7.84. The average Bonchev–Trinajstić information content (AvgIpc) is 3.07. The molecule has 2 N–H and O–H groups in total. The third kappa shape index (κ3) is 3.81. The fraction of sp³-hybridized carbons (Fsp3) is 0.294. The SMILES string of the molecule is Cc1ccc(N2CCCC2)cc1NS(=O)(=O)c1cc(Cl)cc(Cl)c1O. The molecule has 134 valence electrons. The summed E-state index contributed by atoms with van der Waals surface area (Å²) in [4.78, 5) is 1.86. The molecule has 8 heteroatoms. The van der Waals surface area contributed by atoms with E-state index in [1.165, 1.54) is 12.1 Å². The van der Waals surface area contributed by atoms with Gasteiger partial charge in [0.25, 0.3) is 10.0 Å². The lowest BCUT2D eigenvalue weighted by Gasteiger charge is -2.20. The number of phenols is 1. The molecule has 0 saturated carbocycles. The summed E-state index contributed by atoms with van der Waals surface area (Å²) in [6, 6.07) is 8.12. The van der Waals surface area contributed by atoms with Gasteiger partial charge in [-0.3, -0.25) is 4.72 Å². The Kier molecular flexibility index (Phi) is 5.04. The van der Waals surface area contributed by atoms with Crippen LogP contribution in [0, 0.1) is 6.92 Å². The van der Waals surface area contributed by atoms with Crippen LogP contribution in [0.25, 0.3) is 0 Å². The summed E-state index contributed by atoms with van der Waals surface area (Å²) in [6.07, 6.45) is 2.26. The summed E-state index contributed by atoms with van der Waals surface area (Å²) in [5.74, 6) is -0.521. The Labute approximate surface area is 157 Å². The van der Waals surface area contributed by atoms with Crippen molar-refractivity contribution in [3.05, 3.63) is 45.9 Å². The normalized spacial score (nSPS) is 14.8. The molecule has 0 bridgehead atoms. The van der Waals surface area contributed by atoms with Crippen LogP contribution in [-0.2, 0) is 10.0 Å². The maximum Gasteiger partial charge on any atom is 0.265 e. The van der Waals surface area contributed by atoms with Gasteiger partial charge in [-0.05, 0) is 49.6 Å². The quantitative estimate of drug-likeness (QED) is 0.797. The highest BCUT2D eigenvalue weighted by Crippen LogP contribution is 2.36. The van der Waals surface area contributed by atoms with Crippen molar-refractivity contribution in [3.8, 4) is 5.75 Å². The largest absolute Gasteiger partial charge is 0.505 e. The van der Waals surface area contributed by atoms with Gasteiger partial charge >= 0.3 is 0 Å². The van der Waals surface area contributed by atoms with Crippen LogP contribution in [0.5, 0.6) is 5.75 Å². The number of benzene rings is 2. The molecule has 0 aliphatic carbocycles. The maximum atomic E-state index is 12.7. The molecule has 25 heavy (non-hydrogen) atoms. The van der Waals surface area contributed by atoms with Gasteiger partial charge in [0.2, 0.25) is 0 Å². The van der Waals surface area contributed by atoms with Crippen molar-refractivity contribution < 1.29 is 13.5 Å². The lowest BCUT2D eigenvalue weighted by atomic mass is 10.2. The van der Waals surface area contributed by atoms with Gasteiger partial charge in [-0.25, -0.2) is 8.42 Å². The fourth-order valence-electron chi connectivity index (χ4n) is 2.84. The monoisotopic (exact) mass is 400 g/mol. The van der Waals surface area contributed by atoms with Crippen molar-refractivity contribution in [2.45, 2.75) is 24.7 Å². The molecule has 1 aliphatic rings. The van der Waals surface area contributed by atoms with Gasteiger partial charge < -0.3 is 10.0 Å². The molecule has 3 rings (SSSR count). The van der Waals surface area contributed by atoms with Gasteiger partial charge in [-0.15, -0.1) is 0 Å². The van der Waals surface area contributed by atoms with Crippen molar-refractivity contribution in [1.29, 1.82) is 0 Å². The molecule has 1 heterocycles. The minimum atomic E-state index is -4.04. The van der Waals surface area contributed by atoms with Crippen LogP contribution in [0.3, 0.4) is 0 Å². The number of aryl methyl sites for hydroxylation is 1. The Bertz CT molecular complexity index is 910. The van der Waals surface area contributed by atoms with E-state index in [-0.39, 0.29) is 14.9 Å². The molecule has 0 atom stereocenters. The summed E-state index contributed by atoms with van der Waals surface area (Å²) in [6.45, 7) is 3.73. The molecule has 2 aromatic rings. The van der Waals surface area contributed by atoms with E-state index in [1.54, 1.807) is 6.07 Å². The van der Waals surface area contributed by atoms with Gasteiger partial charge in [0.05, 0.1) is 10.7 Å². The number of anilines is 2. The number of phenolic OH excluding ortho intramolecular Hbond substituents is 1. The highest BCUT2D eigenvalue weighted by atomic mass is 35.5. The van der Waals surface area contributed by atoms with Gasteiger partial charge in [0.1, 0.15) is 4.90 Å². The molecular formula is C17H18Cl2N2O3S. The number of halogens is 2. The molecule has 0 radical (unpaired) electrons. The van der Waals surface area contributed by atoms with Crippen molar-refractivity contribution in [2.24, 2.45) is 0 Å². The molecular weight excluding hydrogens is 383 g/mol. The highest BCUT2D eigenvalue weighted by Gasteiger charge is 2.23. The molecule has 0 amide bonds. The first kappa shape index (κ1) is 18.2. The van der Waals surface area contributed by atoms with Gasteiger partial charge in [-0.1, -0.05) is 29.3 Å². The number of nitrogens with zero attached hydrogens (tertiary/aromatic N) is 1. The van der Waals surface area contributed by atoms with E-state index in [9.17, 15) is 13.5 Å². The van der Waals surface area contributed by atoms with E-state index in [4.69, 9.17) is 23.2 Å². The van der Waals surface area contributed by atoms with E-state index in [1.807, 2.05) is 19.1 Å². The number of nitrogens with one attached hydrogen (secondary N) is 1. The van der Waals surface area contributed by atoms with E-state index in [2.05, 4.69) is 9.62 Å². The Morgan fingerprint density at radius 1 is 1.12 bits per heavy atom. The number of hydrogen-bond acceptors (Lipinski definition) is 4. The molecule has 1 fully saturated rings. The smallest absolute Gasteiger partial charge is 0.265 e. The molecule has 2 aromatic carbocycles. The summed E-state index contributed by atoms with van der Waals surface area (Å²) < 4.78 is 27.9. The molecule has 0 aromatic heterocycles. The number of rotatable bonds is 4. The fourth-order valence-corrected chi connectivity index (χ4v) is 4.72. The second kappa shape index (κ2) is 6.94. The Balaban J connectivity index is 1.97. The van der Waals surface area contributed by atoms with Crippen molar-refractivity contribution >= 4 is 44.6 Å². The third-order valence-corrected chi connectivity index (χ3v) is 6.10. The van der Waals surface area contributed by atoms with E-state index in [0.717, 1.165) is 37.2 Å². The predicted octanol–water partition coefficient (Wildman–Crippen LogP) is 4.41. The minimum Gasteiger partial charge on any atom is -0.505 e. The molecule has 5 nitrogen and oxygen atoms in total. The molecule has 0 unspecified atom stereocenters. The zero-order valence-electron chi connectivity index (χ0n) is 13.6. The van der Waals surface area contributed by atoms with Crippen LogP contribution in [0.4, 0.5) is 11.4 Å². The second-order valence-corrected chi connectivity index (χ2v) is 8.53. The van der Waals surface area contributed by atoms with Crippen LogP contribution in [-0.4, -0.2) is 26.6 Å². The van der Waals surface area contributed by atoms with E-state index < -0.39 is 15.8 Å². The summed E-state index contributed by atoms with van der Waals surface area (Å²) >= 11 is 11.7. The van der Waals surface area contributed by atoms with Gasteiger partial charge in [-0.2, -0.15) is 0 Å². The summed E-state index contributed by atoms with van der Waals surface area (Å²) in [5.41, 5.74) is 2.20. The standard InChI is InChI=1S/C17H18Cl2N2O3S/c1-11-4-5-13(21-6-2-3-7-21)10-15(11)20-25(23,24)16-9-12(18)8-14(19)17(16)22/h4-5,8-10,20,22H,2-3,6-7H2,1H3. The highest BCUT2D eigenvalue weighted by molar-refractivity contribution is 7.92. The lowest BCUT2D eigenvalue weighted by molar-refractivity contribution is 0.459. The zero-order chi connectivity index (χ0) is 18.2. The Hall–Kier alpha value is -1.63. The number of sulfonamides is 1. The van der Waals surface area contributed by atoms with Crippen LogP contribution in [0.1, 0.15) is 18.4 Å². The third-order valence-electron chi connectivity index (χ3n) is 4.22. The molecule has 0 spiro atoms. The topological polar surface area (TPSA) is 69.6 Å². The summed E-state index contributed by atoms with van der Waals surface area (Å²) in [5, 5.41) is 10.0. The van der Waals surface area contributed by atoms with Gasteiger partial charge in [0.15, 0.2) is 5.75 Å². The first-order chi connectivity index (χ1) is 11.8. The predicted molar refractivity (Wildman–Crippen MR) is 102 cm³/mol. The lowest BCUT2D eigenvalue weighted by Crippen LogP contribution is -2.19. The zero-order valence-corrected chi connectivity index (χ0v) is 15.9. The van der Waals surface area contributed by atoms with E-state index in [0.29, 0.717) is 5.69 Å². The average molecular weight is 401 g/mol. The van der Waals surface area contributed by atoms with Crippen LogP contribution < -0.4 is 9.62 Å². The molecule has 1 saturated heterocycles. The number of aromatic hydroxyl groups is 1. The van der Waals surface area contributed by atoms with Crippen molar-refractivity contribution in [1.82, 2.24) is 0 Å². The maximum absolute atomic E-state index is 12.7. The molecule has 1 aliphatic heterocycles. The minimum absolute atomic E-state index is 0.115. The van der Waals surface area contributed by atoms with Crippen molar-refractivity contribution in [3.63, 3.8) is 0 Å². The van der Waals surface area contributed by atoms with Gasteiger partial charge in [0, 0.05) is 23.8 Å². The Morgan fingerprint density at radius 3 is 2.48 bits per heavy atom. The Morgan fingerprint density at radius 2 is 1.80 bits per heavy atom. The first-order valence-corrected chi connectivity index (χ1v) is 10.1. The number of hydrogen-bond donors (Lipinski definition) is 2. The van der Waals surface area contributed by atoms with E-state index >= 15 is 0 Å². The second-order valence-electron chi connectivity index (χ2n) is 6.03. The van der Waals surface area contributed by atoms with Crippen LogP contribution >= 0.6 is 23.2 Å². The van der Waals surface area contributed by atoms with Crippen LogP contribution in [0.15, 0.2) is 35.2 Å².